The molecular weight excluding hydrogens is 220 g/mol. The first kappa shape index (κ1) is 13.2. The summed E-state index contributed by atoms with van der Waals surface area (Å²) in [6.45, 7) is 1.99. The fourth-order valence-electron chi connectivity index (χ4n) is 1.46. The van der Waals surface area contributed by atoms with E-state index in [9.17, 15) is 9.59 Å². The van der Waals surface area contributed by atoms with E-state index < -0.39 is 5.97 Å². The molecule has 0 bridgehead atoms. The van der Waals surface area contributed by atoms with Crippen LogP contribution in [0.4, 0.5) is 5.69 Å². The second-order valence-electron chi connectivity index (χ2n) is 3.55. The topological polar surface area (TPSA) is 67.4 Å². The Morgan fingerprint density at radius 3 is 2.65 bits per heavy atom. The molecule has 17 heavy (non-hydrogen) atoms. The summed E-state index contributed by atoms with van der Waals surface area (Å²) < 4.78 is 4.66. The van der Waals surface area contributed by atoms with Gasteiger partial charge in [0.25, 0.3) is 0 Å². The Kier molecular flexibility index (Phi) is 4.66. The van der Waals surface area contributed by atoms with Gasteiger partial charge in [-0.15, -0.1) is 0 Å². The molecule has 0 saturated carbocycles. The van der Waals surface area contributed by atoms with Crippen LogP contribution in [0.5, 0.6) is 0 Å². The summed E-state index contributed by atoms with van der Waals surface area (Å²) >= 11 is 0. The Labute approximate surface area is 100 Å². The number of carbonyl (C=O) groups is 2. The minimum atomic E-state index is -0.410. The van der Waals surface area contributed by atoms with Crippen LogP contribution in [0, 0.1) is 6.92 Å². The van der Waals surface area contributed by atoms with Gasteiger partial charge in [-0.3, -0.25) is 4.79 Å². The van der Waals surface area contributed by atoms with Gasteiger partial charge >= 0.3 is 5.97 Å². The number of nitrogens with one attached hydrogen (secondary N) is 2. The molecule has 0 unspecified atom stereocenters. The third kappa shape index (κ3) is 3.29. The number of likely N-dealkylation sites (N-methyl/N-ethyl adjacent to an activating group) is 1. The van der Waals surface area contributed by atoms with Crippen LogP contribution in [0.1, 0.15) is 15.9 Å². The maximum Gasteiger partial charge on any atom is 0.338 e. The predicted molar refractivity (Wildman–Crippen MR) is 65.1 cm³/mol. The molecular formula is C12H16N2O3. The van der Waals surface area contributed by atoms with Gasteiger partial charge < -0.3 is 15.4 Å². The quantitative estimate of drug-likeness (QED) is 0.763. The first-order valence-corrected chi connectivity index (χ1v) is 5.22. The number of hydrogen-bond acceptors (Lipinski definition) is 4. The number of esters is 1. The van der Waals surface area contributed by atoms with Gasteiger partial charge in [0.1, 0.15) is 0 Å². The predicted octanol–water partition coefficient (Wildman–Crippen LogP) is 0.940. The molecule has 0 fully saturated rings. The Balaban J connectivity index is 2.94. The maximum absolute atomic E-state index is 11.5. The lowest BCUT2D eigenvalue weighted by molar-refractivity contribution is -0.115. The minimum Gasteiger partial charge on any atom is -0.465 e. The van der Waals surface area contributed by atoms with Gasteiger partial charge in [0, 0.05) is 5.69 Å². The van der Waals surface area contributed by atoms with Crippen molar-refractivity contribution in [1.29, 1.82) is 0 Å². The van der Waals surface area contributed by atoms with Gasteiger partial charge in [-0.05, 0) is 31.7 Å². The van der Waals surface area contributed by atoms with E-state index in [2.05, 4.69) is 15.4 Å². The number of hydrogen-bond donors (Lipinski definition) is 2. The van der Waals surface area contributed by atoms with Crippen molar-refractivity contribution in [2.45, 2.75) is 6.92 Å². The molecule has 1 rings (SSSR count). The lowest BCUT2D eigenvalue weighted by atomic mass is 10.1. The van der Waals surface area contributed by atoms with E-state index in [0.717, 1.165) is 0 Å². The fraction of sp³-hybridized carbons (Fsp3) is 0.333. The average Bonchev–Trinajstić information content (AvgIpc) is 2.31. The summed E-state index contributed by atoms with van der Waals surface area (Å²) in [6.07, 6.45) is 0. The molecule has 2 N–H and O–H groups in total. The van der Waals surface area contributed by atoms with Crippen molar-refractivity contribution in [3.8, 4) is 0 Å². The Hall–Kier alpha value is -1.88. The van der Waals surface area contributed by atoms with Crippen molar-refractivity contribution in [1.82, 2.24) is 5.32 Å². The number of anilines is 1. The molecule has 0 radical (unpaired) electrons. The van der Waals surface area contributed by atoms with Crippen molar-refractivity contribution < 1.29 is 14.3 Å². The third-order valence-electron chi connectivity index (χ3n) is 2.35. The van der Waals surface area contributed by atoms with E-state index in [-0.39, 0.29) is 12.5 Å². The van der Waals surface area contributed by atoms with Crippen LogP contribution in [0.25, 0.3) is 0 Å². The lowest BCUT2D eigenvalue weighted by Crippen LogP contribution is -2.25. The molecule has 5 heteroatoms. The van der Waals surface area contributed by atoms with E-state index in [4.69, 9.17) is 0 Å². The summed E-state index contributed by atoms with van der Waals surface area (Å²) in [5.74, 6) is -0.565. The largest absolute Gasteiger partial charge is 0.465 e. The van der Waals surface area contributed by atoms with Crippen LogP contribution in [0.3, 0.4) is 0 Å². The molecule has 0 aliphatic rings. The van der Waals surface area contributed by atoms with Crippen molar-refractivity contribution in [3.05, 3.63) is 29.3 Å². The zero-order chi connectivity index (χ0) is 12.8. The van der Waals surface area contributed by atoms with Crippen LogP contribution in [0.15, 0.2) is 18.2 Å². The highest BCUT2D eigenvalue weighted by Crippen LogP contribution is 2.19. The van der Waals surface area contributed by atoms with Crippen LogP contribution in [-0.4, -0.2) is 32.6 Å². The summed E-state index contributed by atoms with van der Waals surface area (Å²) in [7, 11) is 3.02. The second-order valence-corrected chi connectivity index (χ2v) is 3.55. The summed E-state index contributed by atoms with van der Waals surface area (Å²) in [4.78, 5) is 22.9. The average molecular weight is 236 g/mol. The van der Waals surface area contributed by atoms with E-state index in [1.54, 1.807) is 32.2 Å². The number of amides is 1. The Morgan fingerprint density at radius 2 is 2.06 bits per heavy atom. The molecule has 0 aliphatic carbocycles. The van der Waals surface area contributed by atoms with Gasteiger partial charge in [-0.25, -0.2) is 4.79 Å². The van der Waals surface area contributed by atoms with Crippen molar-refractivity contribution in [2.24, 2.45) is 0 Å². The number of methoxy groups -OCH3 is 1. The normalized spacial score (nSPS) is 9.82. The van der Waals surface area contributed by atoms with Gasteiger partial charge in [0.05, 0.1) is 19.2 Å². The molecule has 0 heterocycles. The highest BCUT2D eigenvalue weighted by Gasteiger charge is 2.12. The van der Waals surface area contributed by atoms with Crippen LogP contribution in [-0.2, 0) is 9.53 Å². The third-order valence-corrected chi connectivity index (χ3v) is 2.35. The number of ether oxygens (including phenoxy) is 1. The highest BCUT2D eigenvalue weighted by molar-refractivity contribution is 5.97. The smallest absolute Gasteiger partial charge is 0.338 e. The SMILES string of the molecule is CNCC(=O)Nc1cccc(C(=O)OC)c1C. The summed E-state index contributed by atoms with van der Waals surface area (Å²) in [5.41, 5.74) is 1.77. The Morgan fingerprint density at radius 1 is 1.35 bits per heavy atom. The standard InChI is InChI=1S/C12H16N2O3/c1-8-9(12(16)17-3)5-4-6-10(8)14-11(15)7-13-2/h4-6,13H,7H2,1-3H3,(H,14,15). The van der Waals surface area contributed by atoms with E-state index in [1.807, 2.05) is 0 Å². The first-order valence-electron chi connectivity index (χ1n) is 5.22. The van der Waals surface area contributed by atoms with E-state index in [1.165, 1.54) is 7.11 Å². The van der Waals surface area contributed by atoms with Crippen LogP contribution in [0.2, 0.25) is 0 Å². The molecule has 0 aromatic heterocycles. The molecule has 0 aliphatic heterocycles. The van der Waals surface area contributed by atoms with Crippen molar-refractivity contribution in [3.63, 3.8) is 0 Å². The van der Waals surface area contributed by atoms with Crippen LogP contribution >= 0.6 is 0 Å². The molecule has 0 saturated heterocycles. The second kappa shape index (κ2) is 6.00. The lowest BCUT2D eigenvalue weighted by Gasteiger charge is -2.11. The minimum absolute atomic E-state index is 0.155. The van der Waals surface area contributed by atoms with Crippen LogP contribution < -0.4 is 10.6 Å². The summed E-state index contributed by atoms with van der Waals surface area (Å²) in [5, 5.41) is 5.47. The first-order chi connectivity index (χ1) is 8.10. The van der Waals surface area contributed by atoms with Crippen molar-refractivity contribution >= 4 is 17.6 Å². The van der Waals surface area contributed by atoms with Gasteiger partial charge in [0.2, 0.25) is 5.91 Å². The van der Waals surface area contributed by atoms with E-state index in [0.29, 0.717) is 16.8 Å². The molecule has 0 atom stereocenters. The number of benzene rings is 1. The maximum atomic E-state index is 11.5. The van der Waals surface area contributed by atoms with Gasteiger partial charge in [-0.1, -0.05) is 6.07 Å². The monoisotopic (exact) mass is 236 g/mol. The zero-order valence-electron chi connectivity index (χ0n) is 10.2. The number of carbonyl (C=O) groups excluding carboxylic acids is 2. The fourth-order valence-corrected chi connectivity index (χ4v) is 1.46. The molecule has 1 amide bonds. The zero-order valence-corrected chi connectivity index (χ0v) is 10.2. The molecule has 5 nitrogen and oxygen atoms in total. The number of rotatable bonds is 4. The molecule has 1 aromatic rings. The van der Waals surface area contributed by atoms with Gasteiger partial charge in [0.15, 0.2) is 0 Å². The molecule has 92 valence electrons. The summed E-state index contributed by atoms with van der Waals surface area (Å²) in [6, 6.07) is 5.11. The van der Waals surface area contributed by atoms with Gasteiger partial charge in [-0.2, -0.15) is 0 Å². The van der Waals surface area contributed by atoms with Crippen molar-refractivity contribution in [2.75, 3.05) is 26.0 Å². The molecule has 0 spiro atoms. The molecule has 1 aromatic carbocycles. The highest BCUT2D eigenvalue weighted by atomic mass is 16.5. The van der Waals surface area contributed by atoms with E-state index >= 15 is 0 Å². The Bertz CT molecular complexity index is 430.